The highest BCUT2D eigenvalue weighted by atomic mass is 28.3. The molecule has 0 bridgehead atoms. The minimum atomic E-state index is -2.22. The van der Waals surface area contributed by atoms with Gasteiger partial charge in [-0.25, -0.2) is 15.0 Å². The van der Waals surface area contributed by atoms with Crippen molar-refractivity contribution in [3.63, 3.8) is 0 Å². The molecular formula is C45H31N3OSi. The molecule has 4 nitrogen and oxygen atoms in total. The van der Waals surface area contributed by atoms with Gasteiger partial charge in [-0.1, -0.05) is 146 Å². The normalized spacial score (nSPS) is 14.6. The minimum absolute atomic E-state index is 0.00292. The van der Waals surface area contributed by atoms with Crippen LogP contribution in [0.2, 0.25) is 13.1 Å². The van der Waals surface area contributed by atoms with E-state index in [4.69, 9.17) is 26.2 Å². The van der Waals surface area contributed by atoms with Crippen molar-refractivity contribution in [1.29, 1.82) is 0 Å². The Labute approximate surface area is 297 Å². The van der Waals surface area contributed by atoms with Crippen molar-refractivity contribution < 1.29 is 11.3 Å². The first-order chi connectivity index (χ1) is 26.6. The molecule has 0 radical (unpaired) electrons. The fourth-order valence-electron chi connectivity index (χ4n) is 7.51. The van der Waals surface area contributed by atoms with Crippen molar-refractivity contribution >= 4 is 51.2 Å². The lowest BCUT2D eigenvalue weighted by atomic mass is 9.98. The van der Waals surface area contributed by atoms with E-state index in [9.17, 15) is 0 Å². The van der Waals surface area contributed by atoms with Crippen LogP contribution in [0, 0.1) is 0 Å². The van der Waals surface area contributed by atoms with Gasteiger partial charge in [-0.2, -0.15) is 0 Å². The maximum absolute atomic E-state index is 8.86. The number of aromatic nitrogens is 3. The summed E-state index contributed by atoms with van der Waals surface area (Å²) < 4.78 is 49.6. The molecule has 2 aromatic heterocycles. The Kier molecular flexibility index (Phi) is 5.25. The van der Waals surface area contributed by atoms with Crippen molar-refractivity contribution in [1.82, 2.24) is 15.0 Å². The number of fused-ring (bicyclic) bond motifs is 8. The van der Waals surface area contributed by atoms with Crippen LogP contribution >= 0.6 is 0 Å². The SMILES string of the molecule is [2H]c1c([2H])c([2H])c(-c2nc(-c3ccc(-c4ccc5ccccc5c4)cc3)nc(-c3cc4c(c5oc6ccccc6c35)-c3ccccc3[Si]4(C)C)n2)c([2H])c1[2H]. The molecule has 10 rings (SSSR count). The number of para-hydroxylation sites is 1. The van der Waals surface area contributed by atoms with Gasteiger partial charge >= 0.3 is 0 Å². The largest absolute Gasteiger partial charge is 0.455 e. The Morgan fingerprint density at radius 1 is 0.540 bits per heavy atom. The number of nitrogens with zero attached hydrogens (tertiary/aromatic N) is 3. The first-order valence-corrected chi connectivity index (χ1v) is 19.6. The van der Waals surface area contributed by atoms with Gasteiger partial charge in [-0.05, 0) is 56.0 Å². The Hall–Kier alpha value is -6.17. The van der Waals surface area contributed by atoms with Crippen molar-refractivity contribution in [3.8, 4) is 56.4 Å². The van der Waals surface area contributed by atoms with Crippen molar-refractivity contribution in [3.05, 3.63) is 152 Å². The van der Waals surface area contributed by atoms with Gasteiger partial charge in [0.2, 0.25) is 0 Å². The molecule has 0 aliphatic carbocycles. The maximum Gasteiger partial charge on any atom is 0.164 e. The van der Waals surface area contributed by atoms with E-state index < -0.39 is 26.2 Å². The van der Waals surface area contributed by atoms with Crippen molar-refractivity contribution in [2.45, 2.75) is 13.1 Å². The van der Waals surface area contributed by atoms with Gasteiger partial charge in [0.1, 0.15) is 19.2 Å². The Morgan fingerprint density at radius 2 is 1.20 bits per heavy atom. The van der Waals surface area contributed by atoms with Gasteiger partial charge < -0.3 is 4.42 Å². The summed E-state index contributed by atoms with van der Waals surface area (Å²) in [6.07, 6.45) is 0. The quantitative estimate of drug-likeness (QED) is 0.176. The lowest BCUT2D eigenvalue weighted by Crippen LogP contribution is -2.49. The molecule has 0 atom stereocenters. The van der Waals surface area contributed by atoms with Gasteiger partial charge in [-0.15, -0.1) is 0 Å². The predicted molar refractivity (Wildman–Crippen MR) is 209 cm³/mol. The summed E-state index contributed by atoms with van der Waals surface area (Å²) in [7, 11) is -2.22. The Morgan fingerprint density at radius 3 is 2.04 bits per heavy atom. The monoisotopic (exact) mass is 662 g/mol. The molecule has 0 unspecified atom stereocenters. The van der Waals surface area contributed by atoms with E-state index in [-0.39, 0.29) is 23.5 Å². The number of furan rings is 1. The second kappa shape index (κ2) is 10.9. The van der Waals surface area contributed by atoms with Crippen molar-refractivity contribution in [2.24, 2.45) is 0 Å². The number of benzene rings is 7. The van der Waals surface area contributed by atoms with E-state index in [1.54, 1.807) is 0 Å². The number of hydrogen-bond donors (Lipinski definition) is 0. The van der Waals surface area contributed by atoms with E-state index >= 15 is 0 Å². The smallest absolute Gasteiger partial charge is 0.164 e. The van der Waals surface area contributed by atoms with E-state index in [1.807, 2.05) is 60.7 Å². The third-order valence-electron chi connectivity index (χ3n) is 10.0. The van der Waals surface area contributed by atoms with E-state index in [2.05, 4.69) is 73.8 Å². The van der Waals surface area contributed by atoms with Crippen LogP contribution in [-0.4, -0.2) is 23.0 Å². The lowest BCUT2D eigenvalue weighted by molar-refractivity contribution is 0.670. The second-order valence-electron chi connectivity index (χ2n) is 13.3. The third-order valence-corrected chi connectivity index (χ3v) is 13.5. The molecule has 0 amide bonds. The average molecular weight is 663 g/mol. The average Bonchev–Trinajstić information content (AvgIpc) is 3.71. The van der Waals surface area contributed by atoms with E-state index in [1.165, 1.54) is 21.3 Å². The Balaban J connectivity index is 1.24. The molecule has 0 saturated heterocycles. The van der Waals surface area contributed by atoms with Gasteiger partial charge in [0.05, 0.1) is 6.85 Å². The highest BCUT2D eigenvalue weighted by molar-refractivity contribution is 7.04. The highest BCUT2D eigenvalue weighted by Gasteiger charge is 2.40. The number of rotatable bonds is 4. The molecule has 7 aromatic carbocycles. The summed E-state index contributed by atoms with van der Waals surface area (Å²) in [6.45, 7) is 4.67. The molecule has 236 valence electrons. The van der Waals surface area contributed by atoms with Crippen LogP contribution in [0.4, 0.5) is 0 Å². The zero-order chi connectivity index (χ0) is 37.7. The minimum Gasteiger partial charge on any atom is -0.455 e. The number of hydrogen-bond acceptors (Lipinski definition) is 4. The van der Waals surface area contributed by atoms with E-state index in [0.717, 1.165) is 49.6 Å². The van der Waals surface area contributed by atoms with Gasteiger partial charge in [0.25, 0.3) is 0 Å². The van der Waals surface area contributed by atoms with Crippen LogP contribution in [0.25, 0.3) is 89.1 Å². The highest BCUT2D eigenvalue weighted by Crippen LogP contribution is 2.43. The molecular weight excluding hydrogens is 627 g/mol. The molecule has 0 spiro atoms. The zero-order valence-corrected chi connectivity index (χ0v) is 28.3. The molecule has 0 fully saturated rings. The molecule has 3 heterocycles. The van der Waals surface area contributed by atoms with Crippen LogP contribution in [0.3, 0.4) is 0 Å². The maximum atomic E-state index is 8.86. The predicted octanol–water partition coefficient (Wildman–Crippen LogP) is 10.4. The molecule has 1 aliphatic rings. The molecule has 0 saturated carbocycles. The van der Waals surface area contributed by atoms with Gasteiger partial charge in [0.15, 0.2) is 17.5 Å². The molecule has 5 heteroatoms. The first-order valence-electron chi connectivity index (χ1n) is 19.1. The second-order valence-corrected chi connectivity index (χ2v) is 17.6. The van der Waals surface area contributed by atoms with Crippen LogP contribution < -0.4 is 10.4 Å². The third kappa shape index (κ3) is 4.40. The standard InChI is InChI=1S/C45H31N3OSi/c1-50(2)38-19-11-9-17-35(38)41-39(50)27-36(40-34-16-8-10-18-37(34)49-42(40)41)45-47-43(30-13-4-3-5-14-30)46-44(48-45)31-23-20-29(21-24-31)33-25-22-28-12-6-7-15-32(28)26-33/h3-27H,1-2H3/i3D,4D,5D,13D,14D. The van der Waals surface area contributed by atoms with Crippen LogP contribution in [0.5, 0.6) is 0 Å². The summed E-state index contributed by atoms with van der Waals surface area (Å²) in [6, 6.07) is 39.1. The Bertz CT molecular complexity index is 3060. The fourth-order valence-corrected chi connectivity index (χ4v) is 10.6. The summed E-state index contributed by atoms with van der Waals surface area (Å²) in [5, 5.41) is 6.60. The van der Waals surface area contributed by atoms with Gasteiger partial charge in [-0.3, -0.25) is 0 Å². The molecule has 50 heavy (non-hydrogen) atoms. The van der Waals surface area contributed by atoms with Crippen LogP contribution in [-0.2, 0) is 0 Å². The summed E-state index contributed by atoms with van der Waals surface area (Å²) in [4.78, 5) is 14.9. The molecule has 9 aromatic rings. The van der Waals surface area contributed by atoms with Crippen molar-refractivity contribution in [2.75, 3.05) is 0 Å². The van der Waals surface area contributed by atoms with Gasteiger partial charge in [0, 0.05) is 33.0 Å². The summed E-state index contributed by atoms with van der Waals surface area (Å²) in [5.74, 6) is 0.639. The summed E-state index contributed by atoms with van der Waals surface area (Å²) in [5.41, 5.74) is 7.19. The summed E-state index contributed by atoms with van der Waals surface area (Å²) >= 11 is 0. The topological polar surface area (TPSA) is 51.8 Å². The fraction of sp³-hybridized carbons (Fsp3) is 0.0444. The zero-order valence-electron chi connectivity index (χ0n) is 32.3. The van der Waals surface area contributed by atoms with Crippen LogP contribution in [0.15, 0.2) is 156 Å². The van der Waals surface area contributed by atoms with Crippen LogP contribution in [0.1, 0.15) is 6.85 Å². The molecule has 1 aliphatic heterocycles. The first kappa shape index (κ1) is 24.0. The lowest BCUT2D eigenvalue weighted by Gasteiger charge is -2.19. The van der Waals surface area contributed by atoms with E-state index in [0.29, 0.717) is 17.2 Å². The molecule has 0 N–H and O–H groups in total.